The number of hydrogen-bond donors (Lipinski definition) is 3. The van der Waals surface area contributed by atoms with Gasteiger partial charge in [-0.25, -0.2) is 0 Å². The smallest absolute Gasteiger partial charge is 0.309 e. The van der Waals surface area contributed by atoms with Crippen molar-refractivity contribution in [3.8, 4) is 0 Å². The van der Waals surface area contributed by atoms with Crippen LogP contribution >= 0.6 is 0 Å². The maximum atomic E-state index is 12.5. The van der Waals surface area contributed by atoms with E-state index < -0.39 is 40.6 Å². The zero-order valence-electron chi connectivity index (χ0n) is 18.4. The van der Waals surface area contributed by atoms with Crippen LogP contribution in [0.4, 0.5) is 0 Å². The first-order valence-electron chi connectivity index (χ1n) is 11.3. The molecule has 3 fully saturated rings. The van der Waals surface area contributed by atoms with Crippen molar-refractivity contribution in [2.75, 3.05) is 0 Å². The van der Waals surface area contributed by atoms with Crippen LogP contribution in [-0.2, 0) is 14.4 Å². The summed E-state index contributed by atoms with van der Waals surface area (Å²) in [4.78, 5) is 37.0. The molecule has 0 heterocycles. The molecule has 6 nitrogen and oxygen atoms in total. The number of aliphatic carboxylic acids is 3. The molecule has 0 unspecified atom stereocenters. The molecular formula is C24H34O6. The summed E-state index contributed by atoms with van der Waals surface area (Å²) in [5.41, 5.74) is -0.709. The molecule has 3 N–H and O–H groups in total. The van der Waals surface area contributed by atoms with Crippen molar-refractivity contribution in [3.63, 3.8) is 0 Å². The van der Waals surface area contributed by atoms with Crippen molar-refractivity contribution in [2.24, 2.45) is 51.8 Å². The van der Waals surface area contributed by atoms with Gasteiger partial charge in [0.05, 0.1) is 17.3 Å². The number of rotatable bonds is 4. The van der Waals surface area contributed by atoms with E-state index >= 15 is 0 Å². The first-order chi connectivity index (χ1) is 13.9. The highest BCUT2D eigenvalue weighted by Crippen LogP contribution is 2.73. The second-order valence-corrected chi connectivity index (χ2v) is 11.2. The van der Waals surface area contributed by atoms with Gasteiger partial charge in [-0.2, -0.15) is 0 Å². The Morgan fingerprint density at radius 1 is 1.00 bits per heavy atom. The molecule has 5 aliphatic carbocycles. The van der Waals surface area contributed by atoms with E-state index in [1.165, 1.54) is 0 Å². The Hall–Kier alpha value is -1.85. The van der Waals surface area contributed by atoms with Gasteiger partial charge < -0.3 is 15.3 Å². The molecule has 0 aromatic heterocycles. The summed E-state index contributed by atoms with van der Waals surface area (Å²) >= 11 is 0. The molecular weight excluding hydrogens is 384 g/mol. The van der Waals surface area contributed by atoms with Crippen LogP contribution in [0.3, 0.4) is 0 Å². The standard InChI is InChI=1S/C24H34O6/c1-12(2)14-11-24-9-6-15-22(3,7-5-8-23(15,4)21(29)30)16(24)10-13(14)17(19(25)26)18(24)20(27)28/h11-13,15-18H,5-10H2,1-4H3,(H,25,26)(H,27,28)(H,29,30)/t13-,15+,16+,17+,18+,22-,23+,24+/m0/s1. The fourth-order valence-corrected chi connectivity index (χ4v) is 8.56. The fraction of sp³-hybridized carbons (Fsp3) is 0.792. The average molecular weight is 419 g/mol. The first-order valence-corrected chi connectivity index (χ1v) is 11.3. The normalized spacial score (nSPS) is 47.2. The Morgan fingerprint density at radius 3 is 2.20 bits per heavy atom. The summed E-state index contributed by atoms with van der Waals surface area (Å²) in [6, 6.07) is 0. The van der Waals surface area contributed by atoms with Gasteiger partial charge in [0.15, 0.2) is 0 Å². The third-order valence-corrected chi connectivity index (χ3v) is 9.72. The van der Waals surface area contributed by atoms with E-state index in [9.17, 15) is 29.7 Å². The van der Waals surface area contributed by atoms with Crippen LogP contribution in [-0.4, -0.2) is 33.2 Å². The van der Waals surface area contributed by atoms with Crippen molar-refractivity contribution in [1.29, 1.82) is 0 Å². The summed E-state index contributed by atoms with van der Waals surface area (Å²) in [5.74, 6) is -4.76. The molecule has 3 saturated carbocycles. The Bertz CT molecular complexity index is 830. The Morgan fingerprint density at radius 2 is 1.67 bits per heavy atom. The first kappa shape index (κ1) is 21.4. The molecule has 2 bridgehead atoms. The van der Waals surface area contributed by atoms with Gasteiger partial charge in [0.25, 0.3) is 0 Å². The molecule has 5 aliphatic rings. The van der Waals surface area contributed by atoms with E-state index in [0.29, 0.717) is 25.7 Å². The third-order valence-electron chi connectivity index (χ3n) is 9.72. The van der Waals surface area contributed by atoms with Crippen LogP contribution in [0.1, 0.15) is 66.2 Å². The maximum absolute atomic E-state index is 12.5. The van der Waals surface area contributed by atoms with Crippen LogP contribution in [0.15, 0.2) is 11.6 Å². The zero-order valence-corrected chi connectivity index (χ0v) is 18.4. The van der Waals surface area contributed by atoms with Gasteiger partial charge in [0.2, 0.25) is 0 Å². The van der Waals surface area contributed by atoms with Crippen LogP contribution in [0, 0.1) is 51.8 Å². The predicted octanol–water partition coefficient (Wildman–Crippen LogP) is 4.30. The van der Waals surface area contributed by atoms with E-state index in [-0.39, 0.29) is 29.1 Å². The quantitative estimate of drug-likeness (QED) is 0.587. The lowest BCUT2D eigenvalue weighted by atomic mass is 9.34. The SMILES string of the molecule is CC(C)C1=C[C@]23CC[C@@H]4[C@](C)(CCC[C@@]4(C)C(=O)O)[C@H]2C[C@@H]1[C@@H](C(=O)O)[C@@H]3C(=O)O. The van der Waals surface area contributed by atoms with Crippen molar-refractivity contribution in [3.05, 3.63) is 11.6 Å². The zero-order chi connectivity index (χ0) is 22.2. The maximum Gasteiger partial charge on any atom is 0.309 e. The minimum absolute atomic E-state index is 0.00641. The lowest BCUT2D eigenvalue weighted by molar-refractivity contribution is -0.207. The molecule has 5 rings (SSSR count). The third kappa shape index (κ3) is 2.51. The largest absolute Gasteiger partial charge is 0.481 e. The molecule has 166 valence electrons. The second kappa shape index (κ2) is 6.57. The molecule has 0 aliphatic heterocycles. The highest BCUT2D eigenvalue weighted by molar-refractivity contribution is 5.83. The number of carboxylic acids is 3. The molecule has 8 atom stereocenters. The van der Waals surface area contributed by atoms with E-state index in [0.717, 1.165) is 18.4 Å². The summed E-state index contributed by atoms with van der Waals surface area (Å²) in [6.45, 7) is 8.15. The Kier molecular flexibility index (Phi) is 4.68. The Balaban J connectivity index is 1.89. The van der Waals surface area contributed by atoms with Crippen LogP contribution in [0.5, 0.6) is 0 Å². The van der Waals surface area contributed by atoms with Crippen molar-refractivity contribution in [1.82, 2.24) is 0 Å². The molecule has 0 aromatic carbocycles. The van der Waals surface area contributed by atoms with E-state index in [4.69, 9.17) is 0 Å². The Labute approximate surface area is 177 Å². The highest BCUT2D eigenvalue weighted by atomic mass is 16.4. The van der Waals surface area contributed by atoms with Gasteiger partial charge in [-0.05, 0) is 68.1 Å². The summed E-state index contributed by atoms with van der Waals surface area (Å²) in [6.07, 6.45) is 6.36. The molecule has 0 saturated heterocycles. The number of carbonyl (C=O) groups is 3. The fourth-order valence-electron chi connectivity index (χ4n) is 8.56. The van der Waals surface area contributed by atoms with Crippen LogP contribution in [0.25, 0.3) is 0 Å². The van der Waals surface area contributed by atoms with Gasteiger partial charge in [0, 0.05) is 5.41 Å². The summed E-state index contributed by atoms with van der Waals surface area (Å²) in [7, 11) is 0. The number of hydrogen-bond acceptors (Lipinski definition) is 3. The van der Waals surface area contributed by atoms with Crippen molar-refractivity contribution >= 4 is 17.9 Å². The lowest BCUT2D eigenvalue weighted by Crippen LogP contribution is -2.66. The molecule has 1 spiro atoms. The van der Waals surface area contributed by atoms with Gasteiger partial charge in [-0.3, -0.25) is 14.4 Å². The molecule has 0 amide bonds. The van der Waals surface area contributed by atoms with E-state index in [2.05, 4.69) is 26.8 Å². The second-order valence-electron chi connectivity index (χ2n) is 11.2. The number of allylic oxidation sites excluding steroid dienone is 2. The van der Waals surface area contributed by atoms with Crippen LogP contribution < -0.4 is 0 Å². The van der Waals surface area contributed by atoms with E-state index in [1.54, 1.807) is 0 Å². The van der Waals surface area contributed by atoms with Gasteiger partial charge >= 0.3 is 17.9 Å². The number of fused-ring (bicyclic) bond motifs is 2. The molecule has 0 radical (unpaired) electrons. The molecule has 6 heteroatoms. The van der Waals surface area contributed by atoms with E-state index in [1.807, 2.05) is 6.92 Å². The molecule has 0 aromatic rings. The highest BCUT2D eigenvalue weighted by Gasteiger charge is 2.71. The van der Waals surface area contributed by atoms with Gasteiger partial charge in [-0.15, -0.1) is 0 Å². The van der Waals surface area contributed by atoms with Gasteiger partial charge in [-0.1, -0.05) is 38.8 Å². The van der Waals surface area contributed by atoms with Gasteiger partial charge in [0.1, 0.15) is 0 Å². The number of carboxylic acid groups (broad SMARTS) is 3. The monoisotopic (exact) mass is 418 g/mol. The average Bonchev–Trinajstić information content (AvgIpc) is 2.65. The minimum atomic E-state index is -1.02. The minimum Gasteiger partial charge on any atom is -0.481 e. The topological polar surface area (TPSA) is 112 Å². The summed E-state index contributed by atoms with van der Waals surface area (Å²) in [5, 5.41) is 30.3. The lowest BCUT2D eigenvalue weighted by Gasteiger charge is -2.68. The molecule has 30 heavy (non-hydrogen) atoms. The summed E-state index contributed by atoms with van der Waals surface area (Å²) < 4.78 is 0. The van der Waals surface area contributed by atoms with Crippen molar-refractivity contribution < 1.29 is 29.7 Å². The van der Waals surface area contributed by atoms with Crippen molar-refractivity contribution in [2.45, 2.75) is 66.2 Å². The predicted molar refractivity (Wildman–Crippen MR) is 110 cm³/mol. The van der Waals surface area contributed by atoms with Crippen LogP contribution in [0.2, 0.25) is 0 Å².